The molecule has 62 heavy (non-hydrogen) atoms. The zero-order valence-electron chi connectivity index (χ0n) is 34.4. The first-order chi connectivity index (χ1) is 30.8. The molecule has 1 N–H and O–H groups in total. The van der Waals surface area contributed by atoms with Crippen molar-refractivity contribution < 1.29 is 0 Å². The Morgan fingerprint density at radius 3 is 1.97 bits per heavy atom. The van der Waals surface area contributed by atoms with Crippen LogP contribution in [0.1, 0.15) is 29.5 Å². The molecule has 0 radical (unpaired) electrons. The first kappa shape index (κ1) is 36.3. The molecule has 1 atom stereocenters. The second kappa shape index (κ2) is 14.8. The first-order valence-corrected chi connectivity index (χ1v) is 21.9. The van der Waals surface area contributed by atoms with Crippen molar-refractivity contribution in [3.05, 3.63) is 247 Å². The van der Waals surface area contributed by atoms with Crippen LogP contribution in [0.25, 0.3) is 44.2 Å². The van der Waals surface area contributed by atoms with E-state index in [0.717, 1.165) is 31.5 Å². The Morgan fingerprint density at radius 2 is 1.19 bits per heavy atom. The predicted octanol–water partition coefficient (Wildman–Crippen LogP) is 13.7. The number of anilines is 5. The summed E-state index contributed by atoms with van der Waals surface area (Å²) in [5, 5.41) is 6.38. The maximum atomic E-state index is 3.98. The maximum Gasteiger partial charge on any atom is 0.198 e. The smallest absolute Gasteiger partial charge is 0.198 e. The Balaban J connectivity index is 1.11. The summed E-state index contributed by atoms with van der Waals surface area (Å²) in [6.07, 6.45) is 9.02. The fraction of sp³-hybridized carbons (Fsp3) is 0.0508. The highest BCUT2D eigenvalue weighted by Crippen LogP contribution is 2.59. The molecule has 12 rings (SSSR count). The number of fused-ring (bicyclic) bond motifs is 5. The zero-order chi connectivity index (χ0) is 41.0. The van der Waals surface area contributed by atoms with E-state index in [9.17, 15) is 0 Å². The molecule has 0 saturated heterocycles. The van der Waals surface area contributed by atoms with Crippen molar-refractivity contribution in [3.63, 3.8) is 0 Å². The number of rotatable bonds is 7. The molecule has 0 fully saturated rings. The van der Waals surface area contributed by atoms with E-state index in [1.54, 1.807) is 0 Å². The number of nitrogens with one attached hydrogen (secondary N) is 1. The summed E-state index contributed by atoms with van der Waals surface area (Å²) in [4.78, 5) is 2.62. The molecule has 0 spiro atoms. The quantitative estimate of drug-likeness (QED) is 0.162. The van der Waals surface area contributed by atoms with Crippen LogP contribution in [0, 0.1) is 0 Å². The lowest BCUT2D eigenvalue weighted by molar-refractivity contribution is 0.668. The van der Waals surface area contributed by atoms with Crippen LogP contribution in [-0.2, 0) is 5.41 Å². The summed E-state index contributed by atoms with van der Waals surface area (Å²) in [5.41, 5.74) is 20.9. The van der Waals surface area contributed by atoms with Gasteiger partial charge in [0.05, 0.1) is 16.8 Å². The molecular formula is C59H43BN2. The van der Waals surface area contributed by atoms with Crippen molar-refractivity contribution in [2.24, 2.45) is 0 Å². The van der Waals surface area contributed by atoms with Gasteiger partial charge in [-0.05, 0) is 98.5 Å². The summed E-state index contributed by atoms with van der Waals surface area (Å²) in [6.45, 7) is 0. The number of allylic oxidation sites excluding steroid dienone is 4. The number of benzene rings is 9. The van der Waals surface area contributed by atoms with Crippen molar-refractivity contribution in [1.29, 1.82) is 0 Å². The molecule has 0 bridgehead atoms. The molecule has 2 aliphatic heterocycles. The second-order valence-electron chi connectivity index (χ2n) is 16.8. The molecule has 1 unspecified atom stereocenters. The summed E-state index contributed by atoms with van der Waals surface area (Å²) in [6, 6.07) is 76.2. The predicted molar refractivity (Wildman–Crippen MR) is 264 cm³/mol. The van der Waals surface area contributed by atoms with Crippen LogP contribution in [0.2, 0.25) is 0 Å². The monoisotopic (exact) mass is 790 g/mol. The van der Waals surface area contributed by atoms with Gasteiger partial charge in [0.2, 0.25) is 0 Å². The highest BCUT2D eigenvalue weighted by molar-refractivity contribution is 6.73. The van der Waals surface area contributed by atoms with Gasteiger partial charge in [0.1, 0.15) is 0 Å². The number of para-hydroxylation sites is 2. The van der Waals surface area contributed by atoms with Crippen LogP contribution in [-0.4, -0.2) is 7.28 Å². The van der Waals surface area contributed by atoms with Gasteiger partial charge in [-0.1, -0.05) is 205 Å². The lowest BCUT2D eigenvalue weighted by Gasteiger charge is -2.50. The summed E-state index contributed by atoms with van der Waals surface area (Å²) >= 11 is 0. The molecule has 3 heteroatoms. The minimum absolute atomic E-state index is 0.437. The van der Waals surface area contributed by atoms with Gasteiger partial charge >= 0.3 is 0 Å². The molecule has 0 amide bonds. The van der Waals surface area contributed by atoms with Crippen LogP contribution in [0.3, 0.4) is 0 Å². The minimum atomic E-state index is -0.437. The molecule has 0 aromatic heterocycles. The topological polar surface area (TPSA) is 15.3 Å². The van der Waals surface area contributed by atoms with Crippen LogP contribution in [0.5, 0.6) is 0 Å². The van der Waals surface area contributed by atoms with Gasteiger partial charge in [0.25, 0.3) is 0 Å². The third kappa shape index (κ3) is 5.73. The van der Waals surface area contributed by atoms with E-state index in [4.69, 9.17) is 0 Å². The summed E-state index contributed by atoms with van der Waals surface area (Å²) in [5.74, 6) is 0. The third-order valence-electron chi connectivity index (χ3n) is 13.4. The average molecular weight is 791 g/mol. The SMILES string of the molecule is B1c2cccc3c2N(c2ccccc2C3(C2=CC=CCC2)c2ccccc2)c2cc(-c3ccccc3)cc(-c3ccc4ccccc4c3Nc3ccc(-c4ccccc4)cc3)c21. The average Bonchev–Trinajstić information content (AvgIpc) is 3.35. The Bertz CT molecular complexity index is 3220. The highest BCUT2D eigenvalue weighted by atomic mass is 15.2. The largest absolute Gasteiger partial charge is 0.355 e. The Kier molecular flexibility index (Phi) is 8.67. The fourth-order valence-corrected chi connectivity index (χ4v) is 10.7. The lowest BCUT2D eigenvalue weighted by atomic mass is 9.53. The molecule has 2 heterocycles. The van der Waals surface area contributed by atoms with E-state index in [1.165, 1.54) is 94.4 Å². The van der Waals surface area contributed by atoms with Gasteiger partial charge in [-0.25, -0.2) is 0 Å². The van der Waals surface area contributed by atoms with E-state index in [0.29, 0.717) is 0 Å². The fourth-order valence-electron chi connectivity index (χ4n) is 10.7. The van der Waals surface area contributed by atoms with Gasteiger partial charge < -0.3 is 10.2 Å². The summed E-state index contributed by atoms with van der Waals surface area (Å²) in [7, 11) is 0.809. The molecule has 3 aliphatic rings. The zero-order valence-corrected chi connectivity index (χ0v) is 34.4. The van der Waals surface area contributed by atoms with E-state index in [2.05, 4.69) is 235 Å². The van der Waals surface area contributed by atoms with Crippen LogP contribution in [0.4, 0.5) is 28.4 Å². The third-order valence-corrected chi connectivity index (χ3v) is 13.4. The number of hydrogen-bond acceptors (Lipinski definition) is 2. The lowest BCUT2D eigenvalue weighted by Crippen LogP contribution is -2.47. The van der Waals surface area contributed by atoms with Gasteiger partial charge in [0, 0.05) is 28.0 Å². The van der Waals surface area contributed by atoms with Crippen molar-refractivity contribution >= 4 is 57.4 Å². The standard InChI is InChI=1S/C59H43BN2/c1-5-18-40(19-6-1)42-32-35-47(36-33-42)61-57-48-27-14-13-22-43(48)34-37-49(57)50-38-44(41-20-7-2-8-21-41)39-55-56(50)60-53-30-17-29-52-58(53)62(55)54-31-16-15-28-51(54)59(52,45-23-9-3-10-24-45)46-25-11-4-12-26-46/h1-11,13-25,27-39,60-61H,12,26H2. The highest BCUT2D eigenvalue weighted by Gasteiger charge is 2.49. The number of hydrogen-bond donors (Lipinski definition) is 1. The normalized spacial score (nSPS) is 15.8. The number of nitrogens with zero attached hydrogens (tertiary/aromatic N) is 1. The van der Waals surface area contributed by atoms with Crippen LogP contribution in [0.15, 0.2) is 230 Å². The van der Waals surface area contributed by atoms with Crippen LogP contribution < -0.4 is 21.1 Å². The van der Waals surface area contributed by atoms with E-state index >= 15 is 0 Å². The van der Waals surface area contributed by atoms with E-state index in [-0.39, 0.29) is 0 Å². The Morgan fingerprint density at radius 1 is 0.516 bits per heavy atom. The molecular weight excluding hydrogens is 747 g/mol. The molecule has 9 aromatic carbocycles. The molecule has 1 aliphatic carbocycles. The van der Waals surface area contributed by atoms with E-state index < -0.39 is 5.41 Å². The maximum absolute atomic E-state index is 3.98. The van der Waals surface area contributed by atoms with Crippen molar-refractivity contribution in [1.82, 2.24) is 0 Å². The van der Waals surface area contributed by atoms with E-state index in [1.807, 2.05) is 0 Å². The molecule has 0 saturated carbocycles. The molecule has 292 valence electrons. The van der Waals surface area contributed by atoms with Crippen LogP contribution >= 0.6 is 0 Å². The Hall–Kier alpha value is -7.62. The van der Waals surface area contributed by atoms with Gasteiger partial charge in [-0.3, -0.25) is 0 Å². The molecule has 2 nitrogen and oxygen atoms in total. The van der Waals surface area contributed by atoms with Crippen molar-refractivity contribution in [2.75, 3.05) is 10.2 Å². The first-order valence-electron chi connectivity index (χ1n) is 21.9. The van der Waals surface area contributed by atoms with Crippen molar-refractivity contribution in [3.8, 4) is 33.4 Å². The second-order valence-corrected chi connectivity index (χ2v) is 16.8. The minimum Gasteiger partial charge on any atom is -0.355 e. The van der Waals surface area contributed by atoms with Crippen molar-refractivity contribution in [2.45, 2.75) is 18.3 Å². The molecule has 9 aromatic rings. The summed E-state index contributed by atoms with van der Waals surface area (Å²) < 4.78 is 0. The Labute approximate surface area is 364 Å². The van der Waals surface area contributed by atoms with Gasteiger partial charge in [0.15, 0.2) is 7.28 Å². The van der Waals surface area contributed by atoms with Gasteiger partial charge in [-0.15, -0.1) is 0 Å². The van der Waals surface area contributed by atoms with Gasteiger partial charge in [-0.2, -0.15) is 0 Å².